The first-order valence-electron chi connectivity index (χ1n) is 5.88. The zero-order valence-corrected chi connectivity index (χ0v) is 12.4. The minimum absolute atomic E-state index is 0. The van der Waals surface area contributed by atoms with Crippen LogP contribution in [-0.2, 0) is 17.1 Å². The number of pyridine rings is 1. The number of H-pyrrole nitrogens is 2. The molecule has 0 saturated carbocycles. The summed E-state index contributed by atoms with van der Waals surface area (Å²) in [4.78, 5) is 23.5. The van der Waals surface area contributed by atoms with Gasteiger partial charge in [0.25, 0.3) is 0 Å². The summed E-state index contributed by atoms with van der Waals surface area (Å²) < 4.78 is 0. The number of carbonyl (C=O) groups excluding carboxylic acids is 2. The maximum atomic E-state index is 9.87. The van der Waals surface area contributed by atoms with Crippen molar-refractivity contribution in [2.45, 2.75) is 0 Å². The fraction of sp³-hybridized carbons (Fsp3) is 0. The molecule has 0 atom stereocenters. The van der Waals surface area contributed by atoms with E-state index in [1.165, 1.54) is 24.5 Å². The van der Waals surface area contributed by atoms with Crippen LogP contribution in [-0.4, -0.2) is 37.3 Å². The molecule has 123 valence electrons. The first-order valence-corrected chi connectivity index (χ1v) is 5.88. The Morgan fingerprint density at radius 3 is 1.39 bits per heavy atom. The van der Waals surface area contributed by atoms with Crippen LogP contribution in [0, 0.1) is 0 Å². The van der Waals surface area contributed by atoms with Crippen molar-refractivity contribution in [3.8, 4) is 0 Å². The first-order chi connectivity index (χ1) is 10.6. The number of aromatic amines is 2. The van der Waals surface area contributed by atoms with Crippen LogP contribution in [0.4, 0.5) is 0 Å². The normalized spacial score (nSPS) is 8.35. The molecule has 0 aliphatic heterocycles. The van der Waals surface area contributed by atoms with E-state index in [1.807, 2.05) is 18.2 Å². The van der Waals surface area contributed by atoms with Crippen LogP contribution in [0.5, 0.6) is 0 Å². The van der Waals surface area contributed by atoms with Crippen molar-refractivity contribution in [3.63, 3.8) is 0 Å². The Kier molecular flexibility index (Phi) is 10.2. The van der Waals surface area contributed by atoms with Crippen LogP contribution >= 0.6 is 0 Å². The SMILES string of the molecule is O=C([O-])c1cc[nH]n1.O=C([O-])c1cc[nH]n1.[Cu+2].c1ccncc1. The molecule has 0 aromatic carbocycles. The molecule has 0 fully saturated rings. The van der Waals surface area contributed by atoms with Gasteiger partial charge in [0.1, 0.15) is 11.4 Å². The van der Waals surface area contributed by atoms with Gasteiger partial charge in [0.15, 0.2) is 0 Å². The summed E-state index contributed by atoms with van der Waals surface area (Å²) in [5.74, 6) is -2.52. The van der Waals surface area contributed by atoms with E-state index < -0.39 is 11.9 Å². The fourth-order valence-corrected chi connectivity index (χ4v) is 1.06. The number of rotatable bonds is 2. The van der Waals surface area contributed by atoms with Crippen molar-refractivity contribution in [1.29, 1.82) is 0 Å². The van der Waals surface area contributed by atoms with Gasteiger partial charge in [-0.15, -0.1) is 0 Å². The van der Waals surface area contributed by atoms with Crippen LogP contribution in [0.3, 0.4) is 0 Å². The van der Waals surface area contributed by atoms with Gasteiger partial charge in [-0.2, -0.15) is 10.2 Å². The number of hydrogen-bond acceptors (Lipinski definition) is 7. The van der Waals surface area contributed by atoms with E-state index >= 15 is 0 Å². The van der Waals surface area contributed by atoms with Crippen molar-refractivity contribution in [1.82, 2.24) is 25.4 Å². The molecule has 3 aromatic heterocycles. The molecule has 0 aliphatic carbocycles. The van der Waals surface area contributed by atoms with Crippen molar-refractivity contribution in [2.24, 2.45) is 0 Å². The summed E-state index contributed by atoms with van der Waals surface area (Å²) >= 11 is 0. The summed E-state index contributed by atoms with van der Waals surface area (Å²) in [6, 6.07) is 8.37. The summed E-state index contributed by atoms with van der Waals surface area (Å²) in [6.45, 7) is 0. The standard InChI is InChI=1S/C5H5N.2C4H4N2O2.Cu/c1-2-4-6-5-3-1;2*7-4(8)3-1-2-5-6-3;/h1-5H;2*1-2H,(H,5,6)(H,7,8);/q;;;+2/p-2. The van der Waals surface area contributed by atoms with Gasteiger partial charge in [-0.05, 0) is 24.3 Å². The average molecular weight is 365 g/mol. The van der Waals surface area contributed by atoms with Gasteiger partial charge >= 0.3 is 17.1 Å². The zero-order chi connectivity index (χ0) is 16.2. The molecule has 0 aliphatic rings. The van der Waals surface area contributed by atoms with Crippen molar-refractivity contribution < 1.29 is 36.9 Å². The second-order valence-electron chi connectivity index (χ2n) is 3.52. The van der Waals surface area contributed by atoms with Gasteiger partial charge in [0.05, 0.1) is 11.9 Å². The fourth-order valence-electron chi connectivity index (χ4n) is 1.06. The van der Waals surface area contributed by atoms with E-state index in [-0.39, 0.29) is 28.5 Å². The molecule has 0 amide bonds. The molecule has 9 nitrogen and oxygen atoms in total. The molecular weight excluding hydrogens is 354 g/mol. The molecule has 10 heteroatoms. The van der Waals surface area contributed by atoms with Gasteiger partial charge < -0.3 is 19.8 Å². The van der Waals surface area contributed by atoms with E-state index in [2.05, 4.69) is 25.4 Å². The third kappa shape index (κ3) is 8.81. The number of nitrogens with zero attached hydrogens (tertiary/aromatic N) is 3. The number of carboxylic acid groups (broad SMARTS) is 2. The zero-order valence-electron chi connectivity index (χ0n) is 11.5. The maximum Gasteiger partial charge on any atom is 2.00 e. The summed E-state index contributed by atoms with van der Waals surface area (Å²) in [7, 11) is 0. The summed E-state index contributed by atoms with van der Waals surface area (Å²) in [5, 5.41) is 31.1. The minimum Gasteiger partial charge on any atom is -0.543 e. The number of hydrogen-bond donors (Lipinski definition) is 2. The van der Waals surface area contributed by atoms with E-state index in [9.17, 15) is 19.8 Å². The molecule has 0 saturated heterocycles. The number of aromatic nitrogens is 5. The number of nitrogens with one attached hydrogen (secondary N) is 2. The van der Waals surface area contributed by atoms with E-state index in [0.29, 0.717) is 0 Å². The molecule has 2 N–H and O–H groups in total. The largest absolute Gasteiger partial charge is 2.00 e. The number of carbonyl (C=O) groups is 2. The Labute approximate surface area is 141 Å². The smallest absolute Gasteiger partial charge is 0.543 e. The molecule has 3 aromatic rings. The van der Waals surface area contributed by atoms with E-state index in [4.69, 9.17) is 0 Å². The first kappa shape index (κ1) is 20.0. The Hall–Kier alpha value is -2.97. The van der Waals surface area contributed by atoms with Gasteiger partial charge in [-0.3, -0.25) is 15.2 Å². The predicted octanol–water partition coefficient (Wildman–Crippen LogP) is -1.37. The van der Waals surface area contributed by atoms with E-state index in [0.717, 1.165) is 0 Å². The van der Waals surface area contributed by atoms with E-state index in [1.54, 1.807) is 12.4 Å². The Balaban J connectivity index is 0.000000312. The number of carboxylic acids is 2. The molecule has 3 rings (SSSR count). The molecule has 23 heavy (non-hydrogen) atoms. The van der Waals surface area contributed by atoms with Crippen LogP contribution < -0.4 is 10.2 Å². The average Bonchev–Trinajstić information content (AvgIpc) is 3.24. The van der Waals surface area contributed by atoms with Crippen molar-refractivity contribution in [2.75, 3.05) is 0 Å². The molecule has 0 bridgehead atoms. The summed E-state index contributed by atoms with van der Waals surface area (Å²) in [6.07, 6.45) is 6.34. The second kappa shape index (κ2) is 11.7. The summed E-state index contributed by atoms with van der Waals surface area (Å²) in [5.41, 5.74) is -0.130. The van der Waals surface area contributed by atoms with Gasteiger partial charge in [-0.1, -0.05) is 6.07 Å². The van der Waals surface area contributed by atoms with Crippen LogP contribution in [0.15, 0.2) is 55.1 Å². The third-order valence-corrected chi connectivity index (χ3v) is 1.99. The number of aromatic carboxylic acids is 2. The third-order valence-electron chi connectivity index (χ3n) is 1.99. The van der Waals surface area contributed by atoms with Gasteiger partial charge in [-0.25, -0.2) is 0 Å². The Bertz CT molecular complexity index is 588. The van der Waals surface area contributed by atoms with Crippen molar-refractivity contribution in [3.05, 3.63) is 66.5 Å². The quantitative estimate of drug-likeness (QED) is 0.532. The van der Waals surface area contributed by atoms with Crippen molar-refractivity contribution >= 4 is 11.9 Å². The molecule has 0 unspecified atom stereocenters. The minimum atomic E-state index is -1.26. The maximum absolute atomic E-state index is 9.87. The Morgan fingerprint density at radius 1 is 0.826 bits per heavy atom. The molecular formula is C13H11CuN5O4. The van der Waals surface area contributed by atoms with Gasteiger partial charge in [0, 0.05) is 24.8 Å². The topological polar surface area (TPSA) is 151 Å². The molecule has 0 spiro atoms. The van der Waals surface area contributed by atoms with Crippen LogP contribution in [0.25, 0.3) is 0 Å². The van der Waals surface area contributed by atoms with Crippen LogP contribution in [0.1, 0.15) is 21.0 Å². The Morgan fingerprint density at radius 2 is 1.26 bits per heavy atom. The monoisotopic (exact) mass is 364 g/mol. The molecule has 1 radical (unpaired) electrons. The molecule has 3 heterocycles. The van der Waals surface area contributed by atoms with Crippen LogP contribution in [0.2, 0.25) is 0 Å². The van der Waals surface area contributed by atoms with Gasteiger partial charge in [0.2, 0.25) is 0 Å². The second-order valence-corrected chi connectivity index (χ2v) is 3.52. The predicted molar refractivity (Wildman–Crippen MR) is 70.1 cm³/mol.